The highest BCUT2D eigenvalue weighted by Crippen LogP contribution is 2.50. The van der Waals surface area contributed by atoms with Crippen LogP contribution >= 0.6 is 15.9 Å². The molecule has 0 heterocycles. The van der Waals surface area contributed by atoms with Gasteiger partial charge in [0.1, 0.15) is 12.4 Å². The fourth-order valence-electron chi connectivity index (χ4n) is 2.00. The van der Waals surface area contributed by atoms with E-state index in [0.29, 0.717) is 5.41 Å². The normalized spacial score (nSPS) is 21.2. The zero-order chi connectivity index (χ0) is 12.3. The summed E-state index contributed by atoms with van der Waals surface area (Å²) in [5.74, 6) is 1.78. The van der Waals surface area contributed by atoms with Gasteiger partial charge in [-0.3, -0.25) is 0 Å². The fourth-order valence-corrected chi connectivity index (χ4v) is 2.38. The molecule has 0 radical (unpaired) electrons. The van der Waals surface area contributed by atoms with E-state index in [1.807, 2.05) is 24.3 Å². The number of halogens is 1. The van der Waals surface area contributed by atoms with Gasteiger partial charge < -0.3 is 10.1 Å². The Kier molecular flexibility index (Phi) is 4.10. The van der Waals surface area contributed by atoms with Gasteiger partial charge in [-0.1, -0.05) is 35.8 Å². The molecule has 0 saturated heterocycles. The molecule has 1 aromatic carbocycles. The molecule has 1 aliphatic carbocycles. The lowest BCUT2D eigenvalue weighted by atomic mass is 10.1. The number of hydrogen-bond donors (Lipinski definition) is 1. The first-order valence-corrected chi connectivity index (χ1v) is 6.96. The summed E-state index contributed by atoms with van der Waals surface area (Å²) in [7, 11) is 0. The van der Waals surface area contributed by atoms with E-state index in [0.717, 1.165) is 35.8 Å². The molecule has 1 aliphatic rings. The van der Waals surface area contributed by atoms with Crippen LogP contribution in [-0.4, -0.2) is 19.7 Å². The molecule has 1 aromatic rings. The molecule has 1 saturated carbocycles. The van der Waals surface area contributed by atoms with Crippen LogP contribution in [0.1, 0.15) is 20.3 Å². The van der Waals surface area contributed by atoms with Crippen LogP contribution in [0.3, 0.4) is 0 Å². The SMILES string of the molecule is CC1(C)CC1CNCCOc1cccc(Br)c1. The maximum atomic E-state index is 5.65. The monoisotopic (exact) mass is 297 g/mol. The van der Waals surface area contributed by atoms with Crippen molar-refractivity contribution in [2.24, 2.45) is 11.3 Å². The number of nitrogens with one attached hydrogen (secondary N) is 1. The Hall–Kier alpha value is -0.540. The molecule has 1 unspecified atom stereocenters. The van der Waals surface area contributed by atoms with Crippen molar-refractivity contribution >= 4 is 15.9 Å². The maximum Gasteiger partial charge on any atom is 0.120 e. The van der Waals surface area contributed by atoms with Crippen LogP contribution in [0.15, 0.2) is 28.7 Å². The van der Waals surface area contributed by atoms with E-state index in [-0.39, 0.29) is 0 Å². The Labute approximate surface area is 112 Å². The number of benzene rings is 1. The average molecular weight is 298 g/mol. The molecular weight excluding hydrogens is 278 g/mol. The molecular formula is C14H20BrNO. The molecule has 0 bridgehead atoms. The van der Waals surface area contributed by atoms with Gasteiger partial charge in [-0.25, -0.2) is 0 Å². The Morgan fingerprint density at radius 3 is 2.88 bits per heavy atom. The molecule has 2 rings (SSSR count). The van der Waals surface area contributed by atoms with Crippen molar-refractivity contribution in [3.05, 3.63) is 28.7 Å². The summed E-state index contributed by atoms with van der Waals surface area (Å²) in [6, 6.07) is 7.96. The minimum absolute atomic E-state index is 0.568. The maximum absolute atomic E-state index is 5.65. The van der Waals surface area contributed by atoms with Crippen LogP contribution in [0.4, 0.5) is 0 Å². The minimum Gasteiger partial charge on any atom is -0.492 e. The summed E-state index contributed by atoms with van der Waals surface area (Å²) >= 11 is 3.43. The quantitative estimate of drug-likeness (QED) is 0.812. The van der Waals surface area contributed by atoms with Crippen LogP contribution in [0, 0.1) is 11.3 Å². The van der Waals surface area contributed by atoms with Crippen molar-refractivity contribution in [3.63, 3.8) is 0 Å². The fraction of sp³-hybridized carbons (Fsp3) is 0.571. The predicted octanol–water partition coefficient (Wildman–Crippen LogP) is 3.46. The molecule has 0 aliphatic heterocycles. The Morgan fingerprint density at radius 2 is 2.24 bits per heavy atom. The lowest BCUT2D eigenvalue weighted by Crippen LogP contribution is -2.24. The number of rotatable bonds is 6. The van der Waals surface area contributed by atoms with E-state index in [1.165, 1.54) is 6.42 Å². The topological polar surface area (TPSA) is 21.3 Å². The van der Waals surface area contributed by atoms with E-state index in [9.17, 15) is 0 Å². The third kappa shape index (κ3) is 4.00. The molecule has 0 amide bonds. The van der Waals surface area contributed by atoms with Crippen molar-refractivity contribution in [3.8, 4) is 5.75 Å². The first-order valence-electron chi connectivity index (χ1n) is 6.17. The van der Waals surface area contributed by atoms with Gasteiger partial charge in [0, 0.05) is 11.0 Å². The van der Waals surface area contributed by atoms with E-state index >= 15 is 0 Å². The van der Waals surface area contributed by atoms with Gasteiger partial charge in [0.2, 0.25) is 0 Å². The Balaban J connectivity index is 1.57. The molecule has 1 N–H and O–H groups in total. The minimum atomic E-state index is 0.568. The second-order valence-corrected chi connectivity index (χ2v) is 6.32. The molecule has 1 fully saturated rings. The third-order valence-corrected chi connectivity index (χ3v) is 3.95. The first-order chi connectivity index (χ1) is 8.08. The van der Waals surface area contributed by atoms with Gasteiger partial charge in [-0.05, 0) is 42.5 Å². The van der Waals surface area contributed by atoms with Crippen LogP contribution in [0.5, 0.6) is 5.75 Å². The molecule has 0 spiro atoms. The zero-order valence-electron chi connectivity index (χ0n) is 10.5. The van der Waals surface area contributed by atoms with Crippen LogP contribution in [0.2, 0.25) is 0 Å². The summed E-state index contributed by atoms with van der Waals surface area (Å²) in [4.78, 5) is 0. The van der Waals surface area contributed by atoms with Crippen LogP contribution in [-0.2, 0) is 0 Å². The molecule has 0 aromatic heterocycles. The molecule has 2 nitrogen and oxygen atoms in total. The van der Waals surface area contributed by atoms with Gasteiger partial charge in [0.25, 0.3) is 0 Å². The van der Waals surface area contributed by atoms with Crippen molar-refractivity contribution in [2.75, 3.05) is 19.7 Å². The summed E-state index contributed by atoms with van der Waals surface area (Å²) in [5, 5.41) is 3.45. The molecule has 17 heavy (non-hydrogen) atoms. The van der Waals surface area contributed by atoms with E-state index in [4.69, 9.17) is 4.74 Å². The summed E-state index contributed by atoms with van der Waals surface area (Å²) < 4.78 is 6.71. The zero-order valence-corrected chi connectivity index (χ0v) is 12.1. The highest BCUT2D eigenvalue weighted by Gasteiger charge is 2.44. The van der Waals surface area contributed by atoms with Crippen LogP contribution < -0.4 is 10.1 Å². The van der Waals surface area contributed by atoms with Gasteiger partial charge in [-0.15, -0.1) is 0 Å². The van der Waals surface area contributed by atoms with Crippen LogP contribution in [0.25, 0.3) is 0 Å². The third-order valence-electron chi connectivity index (χ3n) is 3.45. The van der Waals surface area contributed by atoms with Gasteiger partial charge in [0.15, 0.2) is 0 Å². The van der Waals surface area contributed by atoms with Gasteiger partial charge in [-0.2, -0.15) is 0 Å². The standard InChI is InChI=1S/C14H20BrNO/c1-14(2)9-11(14)10-16-6-7-17-13-5-3-4-12(15)8-13/h3-5,8,11,16H,6-7,9-10H2,1-2H3. The predicted molar refractivity (Wildman–Crippen MR) is 74.4 cm³/mol. The van der Waals surface area contributed by atoms with Crippen molar-refractivity contribution in [1.29, 1.82) is 0 Å². The van der Waals surface area contributed by atoms with Gasteiger partial charge in [0.05, 0.1) is 0 Å². The van der Waals surface area contributed by atoms with Crippen molar-refractivity contribution in [2.45, 2.75) is 20.3 Å². The highest BCUT2D eigenvalue weighted by molar-refractivity contribution is 9.10. The smallest absolute Gasteiger partial charge is 0.120 e. The summed E-state index contributed by atoms with van der Waals surface area (Å²) in [6.45, 7) is 7.42. The first kappa shape index (κ1) is 12.9. The average Bonchev–Trinajstić information content (AvgIpc) is 2.86. The van der Waals surface area contributed by atoms with Gasteiger partial charge >= 0.3 is 0 Å². The highest BCUT2D eigenvalue weighted by atomic mass is 79.9. The molecule has 3 heteroatoms. The lowest BCUT2D eigenvalue weighted by molar-refractivity contribution is 0.311. The Morgan fingerprint density at radius 1 is 1.47 bits per heavy atom. The molecule has 94 valence electrons. The summed E-state index contributed by atoms with van der Waals surface area (Å²) in [5.41, 5.74) is 0.568. The van der Waals surface area contributed by atoms with Crippen molar-refractivity contribution < 1.29 is 4.74 Å². The molecule has 1 atom stereocenters. The van der Waals surface area contributed by atoms with E-state index in [1.54, 1.807) is 0 Å². The largest absolute Gasteiger partial charge is 0.492 e. The number of hydrogen-bond acceptors (Lipinski definition) is 2. The Bertz CT molecular complexity index is 378. The summed E-state index contributed by atoms with van der Waals surface area (Å²) in [6.07, 6.45) is 1.35. The number of ether oxygens (including phenoxy) is 1. The second kappa shape index (κ2) is 5.40. The van der Waals surface area contributed by atoms with E-state index in [2.05, 4.69) is 35.1 Å². The lowest BCUT2D eigenvalue weighted by Gasteiger charge is -2.08. The van der Waals surface area contributed by atoms with Crippen molar-refractivity contribution in [1.82, 2.24) is 5.32 Å². The van der Waals surface area contributed by atoms with E-state index < -0.39 is 0 Å². The second-order valence-electron chi connectivity index (χ2n) is 5.40.